The van der Waals surface area contributed by atoms with Crippen LogP contribution in [0, 0.1) is 0 Å². The first-order valence-electron chi connectivity index (χ1n) is 6.69. The van der Waals surface area contributed by atoms with Crippen molar-refractivity contribution in [3.63, 3.8) is 0 Å². The molecule has 4 heteroatoms. The van der Waals surface area contributed by atoms with E-state index in [0.29, 0.717) is 5.69 Å². The second-order valence-corrected chi connectivity index (χ2v) is 4.99. The van der Waals surface area contributed by atoms with Gasteiger partial charge in [-0.2, -0.15) is 0 Å². The van der Waals surface area contributed by atoms with Gasteiger partial charge in [-0.25, -0.2) is 4.98 Å². The van der Waals surface area contributed by atoms with E-state index in [1.165, 1.54) is 24.9 Å². The molecule has 0 radical (unpaired) electrons. The number of benzene rings is 1. The molecule has 1 amide bonds. The Bertz CT molecular complexity index is 618. The Labute approximate surface area is 112 Å². The van der Waals surface area contributed by atoms with Crippen molar-refractivity contribution in [2.75, 3.05) is 18.0 Å². The second kappa shape index (κ2) is 4.88. The third kappa shape index (κ3) is 2.38. The van der Waals surface area contributed by atoms with Crippen LogP contribution in [0.5, 0.6) is 0 Å². The van der Waals surface area contributed by atoms with Crippen LogP contribution in [0.2, 0.25) is 0 Å². The molecular formula is C15H17N3O. The van der Waals surface area contributed by atoms with Gasteiger partial charge in [-0.3, -0.25) is 4.79 Å². The van der Waals surface area contributed by atoms with E-state index in [1.807, 2.05) is 12.1 Å². The van der Waals surface area contributed by atoms with Crippen molar-refractivity contribution >= 4 is 22.5 Å². The fourth-order valence-electron chi connectivity index (χ4n) is 2.59. The van der Waals surface area contributed by atoms with E-state index >= 15 is 0 Å². The zero-order chi connectivity index (χ0) is 13.2. The predicted octanol–water partition coefficient (Wildman–Crippen LogP) is 2.32. The molecule has 2 aromatic rings. The van der Waals surface area contributed by atoms with Gasteiger partial charge in [-0.1, -0.05) is 12.1 Å². The molecular weight excluding hydrogens is 238 g/mol. The van der Waals surface area contributed by atoms with Crippen molar-refractivity contribution in [3.8, 4) is 0 Å². The largest absolute Gasteiger partial charge is 0.371 e. The van der Waals surface area contributed by atoms with Crippen LogP contribution in [0.3, 0.4) is 0 Å². The van der Waals surface area contributed by atoms with E-state index < -0.39 is 5.91 Å². The molecule has 1 aliphatic rings. The zero-order valence-corrected chi connectivity index (χ0v) is 10.8. The van der Waals surface area contributed by atoms with Crippen molar-refractivity contribution in [3.05, 3.63) is 36.0 Å². The average molecular weight is 255 g/mol. The Kier molecular flexibility index (Phi) is 3.07. The lowest BCUT2D eigenvalue weighted by Gasteiger charge is -2.28. The smallest absolute Gasteiger partial charge is 0.267 e. The molecule has 0 atom stereocenters. The lowest BCUT2D eigenvalue weighted by molar-refractivity contribution is 0.0996. The van der Waals surface area contributed by atoms with Crippen molar-refractivity contribution in [1.82, 2.24) is 4.98 Å². The summed E-state index contributed by atoms with van der Waals surface area (Å²) in [6.45, 7) is 2.20. The summed E-state index contributed by atoms with van der Waals surface area (Å²) >= 11 is 0. The number of nitrogens with zero attached hydrogens (tertiary/aromatic N) is 2. The number of piperidine rings is 1. The van der Waals surface area contributed by atoms with Gasteiger partial charge in [0.15, 0.2) is 0 Å². The minimum atomic E-state index is -0.481. The van der Waals surface area contributed by atoms with E-state index in [2.05, 4.69) is 22.0 Å². The Hall–Kier alpha value is -2.10. The number of aromatic nitrogens is 1. The first kappa shape index (κ1) is 12.0. The van der Waals surface area contributed by atoms with Crippen LogP contribution >= 0.6 is 0 Å². The highest BCUT2D eigenvalue weighted by atomic mass is 16.1. The summed E-state index contributed by atoms with van der Waals surface area (Å²) in [5.74, 6) is -0.481. The van der Waals surface area contributed by atoms with Crippen LogP contribution in [0.25, 0.3) is 10.9 Å². The van der Waals surface area contributed by atoms with Crippen LogP contribution in [0.1, 0.15) is 29.8 Å². The molecule has 1 aromatic carbocycles. The van der Waals surface area contributed by atoms with E-state index in [-0.39, 0.29) is 0 Å². The van der Waals surface area contributed by atoms with Gasteiger partial charge < -0.3 is 10.6 Å². The van der Waals surface area contributed by atoms with Gasteiger partial charge in [0.25, 0.3) is 5.91 Å². The monoisotopic (exact) mass is 255 g/mol. The third-order valence-electron chi connectivity index (χ3n) is 3.65. The standard InChI is InChI=1S/C15H17N3O/c16-15(19)13-7-5-11-4-6-12(10-14(11)17-13)18-8-2-1-3-9-18/h4-7,10H,1-3,8-9H2,(H2,16,19). The van der Waals surface area contributed by atoms with Crippen LogP contribution in [-0.4, -0.2) is 24.0 Å². The van der Waals surface area contributed by atoms with Crippen molar-refractivity contribution in [2.24, 2.45) is 5.73 Å². The van der Waals surface area contributed by atoms with Gasteiger partial charge in [-0.05, 0) is 37.5 Å². The minimum Gasteiger partial charge on any atom is -0.371 e. The van der Waals surface area contributed by atoms with Gasteiger partial charge in [-0.15, -0.1) is 0 Å². The molecule has 1 saturated heterocycles. The summed E-state index contributed by atoms with van der Waals surface area (Å²) in [6.07, 6.45) is 3.80. The zero-order valence-electron chi connectivity index (χ0n) is 10.8. The molecule has 4 nitrogen and oxygen atoms in total. The number of hydrogen-bond acceptors (Lipinski definition) is 3. The molecule has 0 saturated carbocycles. The first-order valence-corrected chi connectivity index (χ1v) is 6.69. The van der Waals surface area contributed by atoms with E-state index in [9.17, 15) is 4.79 Å². The SMILES string of the molecule is NC(=O)c1ccc2ccc(N3CCCCC3)cc2n1. The van der Waals surface area contributed by atoms with Crippen molar-refractivity contribution in [1.29, 1.82) is 0 Å². The summed E-state index contributed by atoms with van der Waals surface area (Å²) in [5, 5.41) is 1.03. The summed E-state index contributed by atoms with van der Waals surface area (Å²) in [6, 6.07) is 9.79. The molecule has 0 bridgehead atoms. The maximum Gasteiger partial charge on any atom is 0.267 e. The molecule has 98 valence electrons. The highest BCUT2D eigenvalue weighted by Gasteiger charge is 2.12. The number of fused-ring (bicyclic) bond motifs is 1. The van der Waals surface area contributed by atoms with Gasteiger partial charge in [0.1, 0.15) is 5.69 Å². The van der Waals surface area contributed by atoms with Gasteiger partial charge in [0, 0.05) is 24.2 Å². The van der Waals surface area contributed by atoms with Gasteiger partial charge in [0.2, 0.25) is 0 Å². The van der Waals surface area contributed by atoms with Crippen molar-refractivity contribution < 1.29 is 4.79 Å². The number of rotatable bonds is 2. The molecule has 3 rings (SSSR count). The Morgan fingerprint density at radius 1 is 1.11 bits per heavy atom. The van der Waals surface area contributed by atoms with Crippen LogP contribution in [0.15, 0.2) is 30.3 Å². The van der Waals surface area contributed by atoms with E-state index in [4.69, 9.17) is 5.73 Å². The van der Waals surface area contributed by atoms with Gasteiger partial charge in [0.05, 0.1) is 5.52 Å². The number of amides is 1. The molecule has 1 aliphatic heterocycles. The number of carbonyl (C=O) groups is 1. The van der Waals surface area contributed by atoms with Crippen LogP contribution < -0.4 is 10.6 Å². The summed E-state index contributed by atoms with van der Waals surface area (Å²) in [7, 11) is 0. The predicted molar refractivity (Wildman–Crippen MR) is 76.3 cm³/mol. The Balaban J connectivity index is 2.00. The molecule has 0 spiro atoms. The van der Waals surface area contributed by atoms with Crippen LogP contribution in [0.4, 0.5) is 5.69 Å². The normalized spacial score (nSPS) is 15.7. The number of pyridine rings is 1. The quantitative estimate of drug-likeness (QED) is 0.896. The molecule has 2 heterocycles. The van der Waals surface area contributed by atoms with Gasteiger partial charge >= 0.3 is 0 Å². The third-order valence-corrected chi connectivity index (χ3v) is 3.65. The molecule has 2 N–H and O–H groups in total. The number of carbonyl (C=O) groups excluding carboxylic acids is 1. The summed E-state index contributed by atoms with van der Waals surface area (Å²) in [4.78, 5) is 17.9. The highest BCUT2D eigenvalue weighted by molar-refractivity contribution is 5.94. The molecule has 1 fully saturated rings. The maximum atomic E-state index is 11.2. The fourth-order valence-corrected chi connectivity index (χ4v) is 2.59. The minimum absolute atomic E-state index is 0.322. The summed E-state index contributed by atoms with van der Waals surface area (Å²) < 4.78 is 0. The molecule has 19 heavy (non-hydrogen) atoms. The molecule has 0 aliphatic carbocycles. The number of hydrogen-bond donors (Lipinski definition) is 1. The van der Waals surface area contributed by atoms with Crippen molar-refractivity contribution in [2.45, 2.75) is 19.3 Å². The highest BCUT2D eigenvalue weighted by Crippen LogP contribution is 2.24. The number of primary amides is 1. The van der Waals surface area contributed by atoms with Crippen LogP contribution in [-0.2, 0) is 0 Å². The topological polar surface area (TPSA) is 59.2 Å². The fraction of sp³-hybridized carbons (Fsp3) is 0.333. The lowest BCUT2D eigenvalue weighted by Crippen LogP contribution is -2.29. The number of anilines is 1. The maximum absolute atomic E-state index is 11.2. The molecule has 0 unspecified atom stereocenters. The Morgan fingerprint density at radius 3 is 2.58 bits per heavy atom. The van der Waals surface area contributed by atoms with E-state index in [0.717, 1.165) is 24.0 Å². The number of nitrogens with two attached hydrogens (primary N) is 1. The first-order chi connectivity index (χ1) is 9.24. The Morgan fingerprint density at radius 2 is 1.84 bits per heavy atom. The molecule has 1 aromatic heterocycles. The lowest BCUT2D eigenvalue weighted by atomic mass is 10.1. The summed E-state index contributed by atoms with van der Waals surface area (Å²) in [5.41, 5.74) is 7.61. The van der Waals surface area contributed by atoms with E-state index in [1.54, 1.807) is 6.07 Å². The second-order valence-electron chi connectivity index (χ2n) is 4.99. The average Bonchev–Trinajstić information content (AvgIpc) is 2.47.